The molecule has 0 fully saturated rings. The monoisotopic (exact) mass is 362 g/mol. The summed E-state index contributed by atoms with van der Waals surface area (Å²) in [5.41, 5.74) is 0. The largest absolute Gasteiger partial charge is 0.421 e. The van der Waals surface area contributed by atoms with Gasteiger partial charge in [0.15, 0.2) is 0 Å². The van der Waals surface area contributed by atoms with Crippen LogP contribution in [0.5, 0.6) is 0 Å². The van der Waals surface area contributed by atoms with E-state index in [1.54, 1.807) is 0 Å². The minimum absolute atomic E-state index is 0.488. The molecule has 17 heavy (non-hydrogen) atoms. The Morgan fingerprint density at radius 3 is 1.88 bits per heavy atom. The second-order valence-electron chi connectivity index (χ2n) is 4.31. The van der Waals surface area contributed by atoms with E-state index < -0.39 is 9.76 Å². The van der Waals surface area contributed by atoms with E-state index in [2.05, 4.69) is 6.92 Å². The molecule has 0 saturated heterocycles. The smallest absolute Gasteiger partial charge is 0.166 e. The van der Waals surface area contributed by atoms with Gasteiger partial charge >= 0.3 is 6.18 Å². The van der Waals surface area contributed by atoms with Crippen molar-refractivity contribution in [2.45, 2.75) is 70.9 Å². The van der Waals surface area contributed by atoms with Crippen molar-refractivity contribution >= 4 is 22.6 Å². The zero-order chi connectivity index (χ0) is 13.1. The molecule has 0 aromatic carbocycles. The van der Waals surface area contributed by atoms with Crippen molar-refractivity contribution in [1.82, 2.24) is 0 Å². The fraction of sp³-hybridized carbons (Fsp3) is 0.846. The molecule has 0 aliphatic heterocycles. The molecule has 0 aliphatic rings. The second kappa shape index (κ2) is 10.2. The van der Waals surface area contributed by atoms with E-state index in [9.17, 15) is 13.2 Å². The molecule has 0 heterocycles. The van der Waals surface area contributed by atoms with E-state index in [1.165, 1.54) is 60.8 Å². The summed E-state index contributed by atoms with van der Waals surface area (Å²) in [6, 6.07) is 0. The molecule has 0 N–H and O–H groups in total. The molecular formula is C13H22F3I. The van der Waals surface area contributed by atoms with E-state index in [0.717, 1.165) is 19.3 Å². The van der Waals surface area contributed by atoms with Crippen LogP contribution in [0.2, 0.25) is 0 Å². The number of allylic oxidation sites excluding steroid dienone is 2. The van der Waals surface area contributed by atoms with Crippen molar-refractivity contribution in [3.8, 4) is 0 Å². The average Bonchev–Trinajstić information content (AvgIpc) is 2.25. The Morgan fingerprint density at radius 1 is 0.941 bits per heavy atom. The Hall–Kier alpha value is 0.260. The van der Waals surface area contributed by atoms with Crippen LogP contribution in [0.1, 0.15) is 64.7 Å². The Balaban J connectivity index is 3.35. The average molecular weight is 362 g/mol. The van der Waals surface area contributed by atoms with Crippen LogP contribution in [0.15, 0.2) is 9.66 Å². The normalized spacial score (nSPS) is 13.1. The molecule has 4 heteroatoms. The van der Waals surface area contributed by atoms with Gasteiger partial charge < -0.3 is 0 Å². The number of alkyl halides is 3. The Bertz CT molecular complexity index is 209. The summed E-state index contributed by atoms with van der Waals surface area (Å²) in [5, 5.41) is 0. The summed E-state index contributed by atoms with van der Waals surface area (Å²) >= 11 is 1.37. The lowest BCUT2D eigenvalue weighted by molar-refractivity contribution is -0.0819. The van der Waals surface area contributed by atoms with Gasteiger partial charge in [-0.25, -0.2) is 0 Å². The van der Waals surface area contributed by atoms with Gasteiger partial charge in [-0.3, -0.25) is 0 Å². The summed E-state index contributed by atoms with van der Waals surface area (Å²) in [4.78, 5) is 0. The molecule has 0 aromatic heterocycles. The maximum Gasteiger partial charge on any atom is 0.421 e. The number of unbranched alkanes of at least 4 members (excludes halogenated alkanes) is 8. The first kappa shape index (κ1) is 17.3. The van der Waals surface area contributed by atoms with E-state index >= 15 is 0 Å². The molecule has 0 radical (unpaired) electrons. The van der Waals surface area contributed by atoms with Gasteiger partial charge in [0, 0.05) is 0 Å². The lowest BCUT2D eigenvalue weighted by atomic mass is 10.1. The third-order valence-electron chi connectivity index (χ3n) is 2.65. The lowest BCUT2D eigenvalue weighted by Crippen LogP contribution is -2.06. The van der Waals surface area contributed by atoms with Crippen LogP contribution in [0.3, 0.4) is 0 Å². The lowest BCUT2D eigenvalue weighted by Gasteiger charge is -2.04. The van der Waals surface area contributed by atoms with Crippen molar-refractivity contribution in [1.29, 1.82) is 0 Å². The molecule has 0 unspecified atom stereocenters. The SMILES string of the molecule is CCCCCCCCCC/C=C(\I)C(F)(F)F. The van der Waals surface area contributed by atoms with Crippen LogP contribution < -0.4 is 0 Å². The highest BCUT2D eigenvalue weighted by molar-refractivity contribution is 14.1. The quantitative estimate of drug-likeness (QED) is 0.329. The molecule has 0 aliphatic carbocycles. The second-order valence-corrected chi connectivity index (χ2v) is 5.48. The topological polar surface area (TPSA) is 0 Å². The fourth-order valence-electron chi connectivity index (χ4n) is 1.62. The third-order valence-corrected chi connectivity index (χ3v) is 3.70. The van der Waals surface area contributed by atoms with Crippen LogP contribution in [0, 0.1) is 0 Å². The van der Waals surface area contributed by atoms with Gasteiger partial charge in [-0.2, -0.15) is 13.2 Å². The number of rotatable bonds is 9. The maximum absolute atomic E-state index is 12.1. The molecule has 0 saturated carbocycles. The molecule has 0 bridgehead atoms. The van der Waals surface area contributed by atoms with Crippen LogP contribution in [-0.2, 0) is 0 Å². The molecule has 0 rings (SSSR count). The van der Waals surface area contributed by atoms with E-state index in [4.69, 9.17) is 0 Å². The van der Waals surface area contributed by atoms with Crippen molar-refractivity contribution < 1.29 is 13.2 Å². The third kappa shape index (κ3) is 11.1. The highest BCUT2D eigenvalue weighted by Crippen LogP contribution is 2.31. The summed E-state index contributed by atoms with van der Waals surface area (Å²) in [6.45, 7) is 2.19. The highest BCUT2D eigenvalue weighted by Gasteiger charge is 2.30. The molecule has 0 aromatic rings. The van der Waals surface area contributed by atoms with Gasteiger partial charge in [0.25, 0.3) is 0 Å². The highest BCUT2D eigenvalue weighted by atomic mass is 127. The summed E-state index contributed by atoms with van der Waals surface area (Å²) in [5.74, 6) is 0. The van der Waals surface area contributed by atoms with E-state index in [0.29, 0.717) is 6.42 Å². The van der Waals surface area contributed by atoms with Crippen molar-refractivity contribution in [2.24, 2.45) is 0 Å². The molecule has 102 valence electrons. The van der Waals surface area contributed by atoms with Crippen LogP contribution >= 0.6 is 22.6 Å². The molecule has 0 amide bonds. The van der Waals surface area contributed by atoms with Gasteiger partial charge in [0.1, 0.15) is 0 Å². The summed E-state index contributed by atoms with van der Waals surface area (Å²) in [7, 11) is 0. The molecule has 0 atom stereocenters. The summed E-state index contributed by atoms with van der Waals surface area (Å²) < 4.78 is 35.9. The van der Waals surface area contributed by atoms with Crippen LogP contribution in [0.25, 0.3) is 0 Å². The van der Waals surface area contributed by atoms with Crippen LogP contribution in [-0.4, -0.2) is 6.18 Å². The Kier molecular flexibility index (Phi) is 10.4. The molecule has 0 spiro atoms. The van der Waals surface area contributed by atoms with Crippen molar-refractivity contribution in [3.63, 3.8) is 0 Å². The zero-order valence-corrected chi connectivity index (χ0v) is 12.6. The Morgan fingerprint density at radius 2 is 1.41 bits per heavy atom. The maximum atomic E-state index is 12.1. The predicted molar refractivity (Wildman–Crippen MR) is 75.4 cm³/mol. The van der Waals surface area contributed by atoms with Gasteiger partial charge in [-0.05, 0) is 35.4 Å². The standard InChI is InChI=1S/C13H22F3I/c1-2-3-4-5-6-7-8-9-10-11-12(17)13(14,15)16/h11H,2-10H2,1H3/b12-11-. The van der Waals surface area contributed by atoms with Crippen LogP contribution in [0.4, 0.5) is 13.2 Å². The molecular weight excluding hydrogens is 340 g/mol. The number of hydrogen-bond acceptors (Lipinski definition) is 0. The fourth-order valence-corrected chi connectivity index (χ4v) is 1.93. The van der Waals surface area contributed by atoms with E-state index in [-0.39, 0.29) is 0 Å². The minimum atomic E-state index is -4.15. The predicted octanol–water partition coefficient (Wildman–Crippen LogP) is 6.40. The van der Waals surface area contributed by atoms with Gasteiger partial charge in [-0.1, -0.05) is 57.9 Å². The first-order valence-corrected chi connectivity index (χ1v) is 7.49. The molecule has 0 nitrogen and oxygen atoms in total. The van der Waals surface area contributed by atoms with Gasteiger partial charge in [0.05, 0.1) is 3.58 Å². The minimum Gasteiger partial charge on any atom is -0.166 e. The number of halogens is 4. The van der Waals surface area contributed by atoms with E-state index in [1.807, 2.05) is 0 Å². The number of hydrogen-bond donors (Lipinski definition) is 0. The first-order valence-electron chi connectivity index (χ1n) is 6.41. The van der Waals surface area contributed by atoms with Gasteiger partial charge in [-0.15, -0.1) is 0 Å². The first-order chi connectivity index (χ1) is 7.98. The Labute approximate surface area is 116 Å². The summed E-state index contributed by atoms with van der Waals surface area (Å²) in [6.07, 6.45) is 7.10. The zero-order valence-electron chi connectivity index (χ0n) is 10.5. The van der Waals surface area contributed by atoms with Gasteiger partial charge in [0.2, 0.25) is 0 Å². The van der Waals surface area contributed by atoms with Crippen molar-refractivity contribution in [2.75, 3.05) is 0 Å². The van der Waals surface area contributed by atoms with Crippen molar-refractivity contribution in [3.05, 3.63) is 9.66 Å².